The van der Waals surface area contributed by atoms with Gasteiger partial charge in [-0.05, 0) is 19.3 Å². The highest BCUT2D eigenvalue weighted by Gasteiger charge is 1.93. The number of esters is 1. The molecule has 0 rings (SSSR count). The lowest BCUT2D eigenvalue weighted by molar-refractivity contribution is -0.137. The van der Waals surface area contributed by atoms with Gasteiger partial charge in [-0.2, -0.15) is 0 Å². The minimum Gasteiger partial charge on any atom is -0.463 e. The second-order valence-electron chi connectivity index (χ2n) is 5.35. The predicted octanol–water partition coefficient (Wildman–Crippen LogP) is 4.00. The van der Waals surface area contributed by atoms with Gasteiger partial charge in [0.15, 0.2) is 0 Å². The molecule has 0 amide bonds. The summed E-state index contributed by atoms with van der Waals surface area (Å²) in [5, 5.41) is 16.9. The fraction of sp³-hybridized carbons (Fsp3) is 0.833. The zero-order valence-electron chi connectivity index (χ0n) is 14.4. The molecule has 0 saturated heterocycles. The van der Waals surface area contributed by atoms with Crippen LogP contribution in [0.4, 0.5) is 0 Å². The first-order valence-electron chi connectivity index (χ1n) is 8.73. The van der Waals surface area contributed by atoms with E-state index in [1.54, 1.807) is 0 Å². The van der Waals surface area contributed by atoms with E-state index >= 15 is 0 Å². The Balaban J connectivity index is 0. The Morgan fingerprint density at radius 2 is 1.32 bits per heavy atom. The Kier molecular flexibility index (Phi) is 23.8. The summed E-state index contributed by atoms with van der Waals surface area (Å²) in [7, 11) is 0. The SMILES string of the molecule is C=CC(=O)OCCCCCC.OCCCCCCCCCO. The minimum atomic E-state index is -0.318. The summed E-state index contributed by atoms with van der Waals surface area (Å²) < 4.78 is 4.78. The molecule has 0 aromatic carbocycles. The van der Waals surface area contributed by atoms with Crippen LogP contribution >= 0.6 is 0 Å². The number of aliphatic hydroxyl groups is 2. The fourth-order valence-corrected chi connectivity index (χ4v) is 1.87. The molecule has 22 heavy (non-hydrogen) atoms. The summed E-state index contributed by atoms with van der Waals surface area (Å²) in [6, 6.07) is 0. The predicted molar refractivity (Wildman–Crippen MR) is 91.8 cm³/mol. The summed E-state index contributed by atoms with van der Waals surface area (Å²) in [4.78, 5) is 10.5. The first-order chi connectivity index (χ1) is 10.7. The van der Waals surface area contributed by atoms with Crippen molar-refractivity contribution in [2.45, 2.75) is 77.6 Å². The number of carbonyl (C=O) groups excluding carboxylic acids is 1. The Morgan fingerprint density at radius 1 is 0.864 bits per heavy atom. The van der Waals surface area contributed by atoms with Crippen LogP contribution in [0.5, 0.6) is 0 Å². The third-order valence-electron chi connectivity index (χ3n) is 3.23. The van der Waals surface area contributed by atoms with Gasteiger partial charge in [0, 0.05) is 19.3 Å². The van der Waals surface area contributed by atoms with Crippen LogP contribution in [0.3, 0.4) is 0 Å². The van der Waals surface area contributed by atoms with Crippen molar-refractivity contribution in [3.8, 4) is 0 Å². The van der Waals surface area contributed by atoms with Crippen molar-refractivity contribution < 1.29 is 19.7 Å². The van der Waals surface area contributed by atoms with Gasteiger partial charge in [-0.15, -0.1) is 0 Å². The lowest BCUT2D eigenvalue weighted by Gasteiger charge is -1.99. The molecular formula is C18H36O4. The molecule has 0 radical (unpaired) electrons. The highest BCUT2D eigenvalue weighted by Crippen LogP contribution is 2.06. The van der Waals surface area contributed by atoms with Crippen LogP contribution in [0.15, 0.2) is 12.7 Å². The molecule has 0 bridgehead atoms. The van der Waals surface area contributed by atoms with Crippen LogP contribution in [0.25, 0.3) is 0 Å². The average molecular weight is 316 g/mol. The van der Waals surface area contributed by atoms with Gasteiger partial charge < -0.3 is 14.9 Å². The third-order valence-corrected chi connectivity index (χ3v) is 3.23. The maximum Gasteiger partial charge on any atom is 0.330 e. The molecule has 4 nitrogen and oxygen atoms in total. The zero-order valence-corrected chi connectivity index (χ0v) is 14.4. The molecule has 0 fully saturated rings. The molecule has 0 unspecified atom stereocenters. The normalized spacial score (nSPS) is 9.77. The van der Waals surface area contributed by atoms with E-state index in [0.717, 1.165) is 38.5 Å². The Bertz CT molecular complexity index is 221. The van der Waals surface area contributed by atoms with Crippen LogP contribution in [-0.2, 0) is 9.53 Å². The smallest absolute Gasteiger partial charge is 0.330 e. The molecule has 0 saturated carbocycles. The molecule has 0 atom stereocenters. The van der Waals surface area contributed by atoms with Crippen molar-refractivity contribution in [1.82, 2.24) is 0 Å². The first-order valence-corrected chi connectivity index (χ1v) is 8.73. The lowest BCUT2D eigenvalue weighted by atomic mass is 10.1. The summed E-state index contributed by atoms with van der Waals surface area (Å²) in [5.74, 6) is -0.318. The molecule has 0 heterocycles. The molecule has 2 N–H and O–H groups in total. The molecule has 0 spiro atoms. The molecule has 132 valence electrons. The number of aliphatic hydroxyl groups excluding tert-OH is 2. The van der Waals surface area contributed by atoms with Gasteiger partial charge in [0.1, 0.15) is 0 Å². The monoisotopic (exact) mass is 316 g/mol. The van der Waals surface area contributed by atoms with Gasteiger partial charge in [0.25, 0.3) is 0 Å². The molecule has 4 heteroatoms. The summed E-state index contributed by atoms with van der Waals surface area (Å²) in [5.41, 5.74) is 0. The Hall–Kier alpha value is -0.870. The van der Waals surface area contributed by atoms with Crippen LogP contribution in [0, 0.1) is 0 Å². The van der Waals surface area contributed by atoms with Crippen molar-refractivity contribution in [3.05, 3.63) is 12.7 Å². The van der Waals surface area contributed by atoms with Gasteiger partial charge in [0.2, 0.25) is 0 Å². The van der Waals surface area contributed by atoms with E-state index in [2.05, 4.69) is 13.5 Å². The zero-order chi connectivity index (χ0) is 16.9. The van der Waals surface area contributed by atoms with Gasteiger partial charge in [0.05, 0.1) is 6.61 Å². The van der Waals surface area contributed by atoms with Crippen molar-refractivity contribution in [3.63, 3.8) is 0 Å². The average Bonchev–Trinajstić information content (AvgIpc) is 2.54. The van der Waals surface area contributed by atoms with E-state index < -0.39 is 0 Å². The Morgan fingerprint density at radius 3 is 1.73 bits per heavy atom. The minimum absolute atomic E-state index is 0.318. The highest BCUT2D eigenvalue weighted by atomic mass is 16.5. The van der Waals surface area contributed by atoms with E-state index in [9.17, 15) is 4.79 Å². The van der Waals surface area contributed by atoms with Crippen molar-refractivity contribution in [2.24, 2.45) is 0 Å². The van der Waals surface area contributed by atoms with Crippen LogP contribution in [-0.4, -0.2) is 36.0 Å². The molecule has 0 aliphatic carbocycles. The first kappa shape index (κ1) is 23.4. The number of hydrogen-bond donors (Lipinski definition) is 2. The second-order valence-corrected chi connectivity index (χ2v) is 5.35. The second kappa shape index (κ2) is 22.4. The number of rotatable bonds is 14. The van der Waals surface area contributed by atoms with E-state index in [1.165, 1.54) is 38.2 Å². The van der Waals surface area contributed by atoms with E-state index in [1.807, 2.05) is 0 Å². The van der Waals surface area contributed by atoms with E-state index in [-0.39, 0.29) is 5.97 Å². The number of unbranched alkanes of at least 4 members (excludes halogenated alkanes) is 9. The fourth-order valence-electron chi connectivity index (χ4n) is 1.87. The number of hydrogen-bond acceptors (Lipinski definition) is 4. The maximum atomic E-state index is 10.5. The topological polar surface area (TPSA) is 66.8 Å². The van der Waals surface area contributed by atoms with E-state index in [0.29, 0.717) is 19.8 Å². The van der Waals surface area contributed by atoms with Gasteiger partial charge in [-0.25, -0.2) is 4.79 Å². The van der Waals surface area contributed by atoms with E-state index in [4.69, 9.17) is 14.9 Å². The Labute approximate surface area is 136 Å². The van der Waals surface area contributed by atoms with Crippen LogP contribution in [0.2, 0.25) is 0 Å². The maximum absolute atomic E-state index is 10.5. The summed E-state index contributed by atoms with van der Waals surface area (Å²) >= 11 is 0. The lowest BCUT2D eigenvalue weighted by Crippen LogP contribution is -2.01. The number of carbonyl (C=O) groups is 1. The summed E-state index contributed by atoms with van der Waals surface area (Å²) in [6.45, 7) is 6.64. The molecule has 0 aliphatic rings. The van der Waals surface area contributed by atoms with Crippen LogP contribution in [0.1, 0.15) is 77.6 Å². The number of ether oxygens (including phenoxy) is 1. The summed E-state index contributed by atoms with van der Waals surface area (Å²) in [6.07, 6.45) is 13.6. The van der Waals surface area contributed by atoms with Crippen LogP contribution < -0.4 is 0 Å². The molecule has 0 aliphatic heterocycles. The van der Waals surface area contributed by atoms with Crippen molar-refractivity contribution in [2.75, 3.05) is 19.8 Å². The van der Waals surface area contributed by atoms with Crippen molar-refractivity contribution in [1.29, 1.82) is 0 Å². The highest BCUT2D eigenvalue weighted by molar-refractivity contribution is 5.81. The van der Waals surface area contributed by atoms with Gasteiger partial charge >= 0.3 is 5.97 Å². The molecular weight excluding hydrogens is 280 g/mol. The quantitative estimate of drug-likeness (QED) is 0.289. The third kappa shape index (κ3) is 24.2. The van der Waals surface area contributed by atoms with Gasteiger partial charge in [-0.1, -0.05) is 64.9 Å². The largest absolute Gasteiger partial charge is 0.463 e. The van der Waals surface area contributed by atoms with Crippen molar-refractivity contribution >= 4 is 5.97 Å². The van der Waals surface area contributed by atoms with Gasteiger partial charge in [-0.3, -0.25) is 0 Å². The molecule has 0 aromatic rings. The standard InChI is InChI=1S/C9H16O2.C9H20O2/c1-3-5-6-7-8-11-9(10)4-2;10-8-6-4-2-1-3-5-7-9-11/h4H,2-3,5-8H2,1H3;10-11H,1-9H2. The molecule has 0 aromatic heterocycles.